The summed E-state index contributed by atoms with van der Waals surface area (Å²) in [6, 6.07) is 4.93. The molecule has 2 heterocycles. The Morgan fingerprint density at radius 2 is 1.96 bits per heavy atom. The van der Waals surface area contributed by atoms with Gasteiger partial charge in [0.1, 0.15) is 11.3 Å². The number of carbonyl (C=O) groups excluding carboxylic acids is 3. The Bertz CT molecular complexity index is 768. The lowest BCUT2D eigenvalue weighted by Crippen LogP contribution is -2.60. The van der Waals surface area contributed by atoms with E-state index in [1.807, 2.05) is 13.8 Å². The normalized spacial score (nSPS) is 23.6. The lowest BCUT2D eigenvalue weighted by Gasteiger charge is -2.39. The van der Waals surface area contributed by atoms with Crippen molar-refractivity contribution in [2.75, 3.05) is 0 Å². The van der Waals surface area contributed by atoms with Gasteiger partial charge in [0.05, 0.1) is 17.2 Å². The van der Waals surface area contributed by atoms with Gasteiger partial charge in [-0.3, -0.25) is 19.3 Å². The molecule has 0 radical (unpaired) electrons. The van der Waals surface area contributed by atoms with Crippen LogP contribution in [0.2, 0.25) is 0 Å². The van der Waals surface area contributed by atoms with Crippen molar-refractivity contribution in [2.24, 2.45) is 0 Å². The predicted octanol–water partition coefficient (Wildman–Crippen LogP) is 2.25. The summed E-state index contributed by atoms with van der Waals surface area (Å²) >= 11 is 0. The van der Waals surface area contributed by atoms with Crippen molar-refractivity contribution in [3.05, 3.63) is 41.6 Å². The summed E-state index contributed by atoms with van der Waals surface area (Å²) in [6.45, 7) is 9.05. The van der Waals surface area contributed by atoms with Crippen molar-refractivity contribution in [2.45, 2.75) is 45.3 Å². The van der Waals surface area contributed by atoms with Crippen molar-refractivity contribution in [1.29, 1.82) is 0 Å². The van der Waals surface area contributed by atoms with Crippen LogP contribution in [0.25, 0.3) is 0 Å². The Morgan fingerprint density at radius 1 is 1.25 bits per heavy atom. The van der Waals surface area contributed by atoms with Crippen LogP contribution in [0.3, 0.4) is 0 Å². The van der Waals surface area contributed by atoms with E-state index in [1.165, 1.54) is 0 Å². The van der Waals surface area contributed by atoms with Gasteiger partial charge in [0.25, 0.3) is 11.8 Å². The molecule has 3 rings (SSSR count). The molecule has 1 aromatic carbocycles. The first-order chi connectivity index (χ1) is 11.3. The van der Waals surface area contributed by atoms with E-state index in [0.717, 1.165) is 4.90 Å². The highest BCUT2D eigenvalue weighted by Gasteiger charge is 2.52. The van der Waals surface area contributed by atoms with Crippen LogP contribution >= 0.6 is 0 Å². The Morgan fingerprint density at radius 3 is 2.58 bits per heavy atom. The predicted molar refractivity (Wildman–Crippen MR) is 87.6 cm³/mol. The van der Waals surface area contributed by atoms with Crippen LogP contribution in [-0.2, 0) is 4.79 Å². The number of hydrogen-bond acceptors (Lipinski definition) is 4. The van der Waals surface area contributed by atoms with E-state index in [0.29, 0.717) is 24.3 Å². The fourth-order valence-corrected chi connectivity index (χ4v) is 3.13. The minimum atomic E-state index is -1.23. The molecular weight excluding hydrogens is 308 g/mol. The van der Waals surface area contributed by atoms with Crippen LogP contribution in [0.1, 0.15) is 54.3 Å². The Kier molecular flexibility index (Phi) is 3.70. The molecule has 24 heavy (non-hydrogen) atoms. The molecule has 1 aromatic rings. The molecule has 1 saturated heterocycles. The van der Waals surface area contributed by atoms with Crippen LogP contribution < -0.4 is 10.1 Å². The molecule has 1 N–H and O–H groups in total. The fraction of sp³-hybridized carbons (Fsp3) is 0.389. The monoisotopic (exact) mass is 328 g/mol. The number of hydrogen-bond donors (Lipinski definition) is 1. The number of imide groups is 1. The van der Waals surface area contributed by atoms with Gasteiger partial charge >= 0.3 is 0 Å². The first kappa shape index (κ1) is 16.2. The van der Waals surface area contributed by atoms with Crippen LogP contribution in [0.5, 0.6) is 5.75 Å². The lowest BCUT2D eigenvalue weighted by atomic mass is 9.88. The molecule has 6 nitrogen and oxygen atoms in total. The van der Waals surface area contributed by atoms with E-state index in [-0.39, 0.29) is 23.1 Å². The topological polar surface area (TPSA) is 75.7 Å². The smallest absolute Gasteiger partial charge is 0.266 e. The number of benzene rings is 1. The molecule has 0 bridgehead atoms. The highest BCUT2D eigenvalue weighted by molar-refractivity contribution is 6.24. The molecule has 0 spiro atoms. The van der Waals surface area contributed by atoms with E-state index >= 15 is 0 Å². The van der Waals surface area contributed by atoms with Crippen molar-refractivity contribution in [3.63, 3.8) is 0 Å². The number of amides is 3. The second kappa shape index (κ2) is 5.47. The van der Waals surface area contributed by atoms with E-state index < -0.39 is 17.4 Å². The Hall–Kier alpha value is -2.63. The maximum Gasteiger partial charge on any atom is 0.266 e. The van der Waals surface area contributed by atoms with Gasteiger partial charge < -0.3 is 10.1 Å². The van der Waals surface area contributed by atoms with Gasteiger partial charge in [0, 0.05) is 5.70 Å². The van der Waals surface area contributed by atoms with Crippen molar-refractivity contribution in [1.82, 2.24) is 10.2 Å². The molecule has 3 amide bonds. The van der Waals surface area contributed by atoms with Crippen LogP contribution in [-0.4, -0.2) is 34.3 Å². The van der Waals surface area contributed by atoms with E-state index in [9.17, 15) is 14.4 Å². The zero-order chi connectivity index (χ0) is 17.6. The molecule has 1 fully saturated rings. The third-order valence-electron chi connectivity index (χ3n) is 4.43. The first-order valence-electron chi connectivity index (χ1n) is 7.93. The summed E-state index contributed by atoms with van der Waals surface area (Å²) in [7, 11) is 0. The van der Waals surface area contributed by atoms with E-state index in [2.05, 4.69) is 11.9 Å². The Labute approximate surface area is 140 Å². The molecule has 2 aliphatic rings. The molecule has 6 heteroatoms. The standard InChI is InChI=1S/C18H20N2O4/c1-10(2)24-13-7-5-6-12-14(13)16(22)20(15(12)21)18(4)9-8-11(3)19-17(18)23/h5-7,10H,3,8-9H2,1-2,4H3,(H,19,23). The highest BCUT2D eigenvalue weighted by atomic mass is 16.5. The zero-order valence-corrected chi connectivity index (χ0v) is 14.0. The Balaban J connectivity index is 2.04. The van der Waals surface area contributed by atoms with Crippen molar-refractivity contribution < 1.29 is 19.1 Å². The molecule has 0 saturated carbocycles. The summed E-state index contributed by atoms with van der Waals surface area (Å²) in [5.41, 5.74) is -0.132. The van der Waals surface area contributed by atoms with Crippen molar-refractivity contribution >= 4 is 17.7 Å². The number of allylic oxidation sites excluding steroid dienone is 1. The number of nitrogens with zero attached hydrogens (tertiary/aromatic N) is 1. The van der Waals surface area contributed by atoms with Gasteiger partial charge in [-0.15, -0.1) is 0 Å². The number of rotatable bonds is 3. The summed E-state index contributed by atoms with van der Waals surface area (Å²) in [5.74, 6) is -0.974. The summed E-state index contributed by atoms with van der Waals surface area (Å²) in [4.78, 5) is 39.3. The third-order valence-corrected chi connectivity index (χ3v) is 4.43. The van der Waals surface area contributed by atoms with Gasteiger partial charge in [-0.2, -0.15) is 0 Å². The zero-order valence-electron chi connectivity index (χ0n) is 14.0. The highest BCUT2D eigenvalue weighted by Crippen LogP contribution is 2.38. The lowest BCUT2D eigenvalue weighted by molar-refractivity contribution is -0.131. The molecule has 126 valence electrons. The molecular formula is C18H20N2O4. The quantitative estimate of drug-likeness (QED) is 0.864. The summed E-state index contributed by atoms with van der Waals surface area (Å²) in [5, 5.41) is 2.65. The maximum absolute atomic E-state index is 13.0. The summed E-state index contributed by atoms with van der Waals surface area (Å²) in [6.07, 6.45) is 0.736. The maximum atomic E-state index is 13.0. The third kappa shape index (κ3) is 2.29. The molecule has 1 unspecified atom stereocenters. The minimum Gasteiger partial charge on any atom is -0.490 e. The van der Waals surface area contributed by atoms with Crippen LogP contribution in [0.15, 0.2) is 30.5 Å². The van der Waals surface area contributed by atoms with Crippen LogP contribution in [0.4, 0.5) is 0 Å². The average molecular weight is 328 g/mol. The van der Waals surface area contributed by atoms with Crippen molar-refractivity contribution in [3.8, 4) is 5.75 Å². The molecule has 1 atom stereocenters. The number of nitrogens with one attached hydrogen (secondary N) is 1. The molecule has 0 aliphatic carbocycles. The van der Waals surface area contributed by atoms with Gasteiger partial charge in [0.15, 0.2) is 0 Å². The SMILES string of the molecule is C=C1CCC(C)(N2C(=O)c3cccc(OC(C)C)c3C2=O)C(=O)N1. The van der Waals surface area contributed by atoms with Gasteiger partial charge in [-0.05, 0) is 45.7 Å². The summed E-state index contributed by atoms with van der Waals surface area (Å²) < 4.78 is 5.67. The second-order valence-electron chi connectivity index (χ2n) is 6.62. The molecule has 2 aliphatic heterocycles. The largest absolute Gasteiger partial charge is 0.490 e. The second-order valence-corrected chi connectivity index (χ2v) is 6.62. The van der Waals surface area contributed by atoms with E-state index in [1.54, 1.807) is 25.1 Å². The van der Waals surface area contributed by atoms with Gasteiger partial charge in [-0.25, -0.2) is 0 Å². The number of carbonyl (C=O) groups is 3. The number of piperidine rings is 1. The van der Waals surface area contributed by atoms with Gasteiger partial charge in [-0.1, -0.05) is 12.6 Å². The van der Waals surface area contributed by atoms with E-state index in [4.69, 9.17) is 4.74 Å². The van der Waals surface area contributed by atoms with Crippen LogP contribution in [0, 0.1) is 0 Å². The van der Waals surface area contributed by atoms with Gasteiger partial charge in [0.2, 0.25) is 5.91 Å². The number of ether oxygens (including phenoxy) is 1. The number of fused-ring (bicyclic) bond motifs is 1. The average Bonchev–Trinajstić information content (AvgIpc) is 2.76. The first-order valence-corrected chi connectivity index (χ1v) is 7.93. The minimum absolute atomic E-state index is 0.134. The fourth-order valence-electron chi connectivity index (χ4n) is 3.13. The molecule has 0 aromatic heterocycles.